The zero-order valence-electron chi connectivity index (χ0n) is 10.7. The Morgan fingerprint density at radius 2 is 1.83 bits per heavy atom. The first kappa shape index (κ1) is 12.9. The first-order valence-corrected chi connectivity index (χ1v) is 6.57. The minimum absolute atomic E-state index is 0.396. The van der Waals surface area contributed by atoms with Gasteiger partial charge in [0.15, 0.2) is 0 Å². The largest absolute Gasteiger partial charge is 0.398 e. The Morgan fingerprint density at radius 1 is 1.17 bits per heavy atom. The summed E-state index contributed by atoms with van der Waals surface area (Å²) in [6.07, 6.45) is 5.12. The van der Waals surface area contributed by atoms with Crippen LogP contribution in [0.4, 0.5) is 5.69 Å². The lowest BCUT2D eigenvalue weighted by Gasteiger charge is -2.21. The van der Waals surface area contributed by atoms with Gasteiger partial charge < -0.3 is 11.5 Å². The summed E-state index contributed by atoms with van der Waals surface area (Å²) in [6.45, 7) is 3.04. The fourth-order valence-corrected chi connectivity index (χ4v) is 2.43. The molecule has 0 unspecified atom stereocenters. The molecule has 0 aromatic heterocycles. The number of anilines is 1. The van der Waals surface area contributed by atoms with Gasteiger partial charge in [-0.05, 0) is 49.7 Å². The van der Waals surface area contributed by atoms with E-state index in [2.05, 4.69) is 4.90 Å². The van der Waals surface area contributed by atoms with Crippen LogP contribution in [0.2, 0.25) is 0 Å². The van der Waals surface area contributed by atoms with Crippen molar-refractivity contribution >= 4 is 11.6 Å². The summed E-state index contributed by atoms with van der Waals surface area (Å²) in [7, 11) is 0. The second kappa shape index (κ2) is 5.87. The molecule has 1 aromatic carbocycles. The Kier molecular flexibility index (Phi) is 4.20. The molecule has 0 atom stereocenters. The molecule has 18 heavy (non-hydrogen) atoms. The lowest BCUT2D eigenvalue weighted by atomic mass is 10.1. The summed E-state index contributed by atoms with van der Waals surface area (Å²) < 4.78 is 0. The molecule has 1 aliphatic heterocycles. The maximum Gasteiger partial charge on any atom is 0.248 e. The van der Waals surface area contributed by atoms with Crippen LogP contribution in [0.3, 0.4) is 0 Å². The van der Waals surface area contributed by atoms with Crippen molar-refractivity contribution in [2.75, 3.05) is 18.8 Å². The number of carbonyl (C=O) groups is 1. The van der Waals surface area contributed by atoms with E-state index >= 15 is 0 Å². The average Bonchev–Trinajstić information content (AvgIpc) is 2.60. The van der Waals surface area contributed by atoms with Crippen molar-refractivity contribution < 1.29 is 4.79 Å². The van der Waals surface area contributed by atoms with E-state index in [-0.39, 0.29) is 0 Å². The van der Waals surface area contributed by atoms with E-state index in [0.717, 1.165) is 30.9 Å². The molecule has 0 bridgehead atoms. The minimum Gasteiger partial charge on any atom is -0.398 e. The van der Waals surface area contributed by atoms with Crippen molar-refractivity contribution in [1.82, 2.24) is 4.90 Å². The molecular formula is C14H21N3O. The van der Waals surface area contributed by atoms with Crippen molar-refractivity contribution in [2.45, 2.75) is 32.2 Å². The Hall–Kier alpha value is -1.55. The Labute approximate surface area is 108 Å². The third-order valence-electron chi connectivity index (χ3n) is 3.52. The third kappa shape index (κ3) is 3.23. The highest BCUT2D eigenvalue weighted by atomic mass is 16.1. The summed E-state index contributed by atoms with van der Waals surface area (Å²) in [5, 5.41) is 0. The van der Waals surface area contributed by atoms with Crippen LogP contribution in [0.1, 0.15) is 41.6 Å². The molecule has 1 amide bonds. The van der Waals surface area contributed by atoms with E-state index in [1.165, 1.54) is 25.7 Å². The lowest BCUT2D eigenvalue weighted by molar-refractivity contribution is 0.1000. The van der Waals surface area contributed by atoms with Crippen molar-refractivity contribution in [1.29, 1.82) is 0 Å². The highest BCUT2D eigenvalue weighted by Gasteiger charge is 2.12. The second-order valence-electron chi connectivity index (χ2n) is 4.97. The second-order valence-corrected chi connectivity index (χ2v) is 4.97. The third-order valence-corrected chi connectivity index (χ3v) is 3.52. The van der Waals surface area contributed by atoms with Gasteiger partial charge in [-0.2, -0.15) is 0 Å². The van der Waals surface area contributed by atoms with Gasteiger partial charge in [-0.15, -0.1) is 0 Å². The topological polar surface area (TPSA) is 72.3 Å². The fourth-order valence-electron chi connectivity index (χ4n) is 2.43. The molecule has 0 radical (unpaired) electrons. The van der Waals surface area contributed by atoms with E-state index < -0.39 is 5.91 Å². The highest BCUT2D eigenvalue weighted by molar-refractivity contribution is 5.93. The van der Waals surface area contributed by atoms with Gasteiger partial charge in [-0.1, -0.05) is 12.8 Å². The summed E-state index contributed by atoms with van der Waals surface area (Å²) in [4.78, 5) is 13.6. The van der Waals surface area contributed by atoms with Gasteiger partial charge in [0.25, 0.3) is 0 Å². The summed E-state index contributed by atoms with van der Waals surface area (Å²) in [5.74, 6) is -0.396. The Balaban J connectivity index is 2.11. The first-order valence-electron chi connectivity index (χ1n) is 6.57. The molecule has 98 valence electrons. The first-order chi connectivity index (χ1) is 8.66. The highest BCUT2D eigenvalue weighted by Crippen LogP contribution is 2.19. The fraction of sp³-hybridized carbons (Fsp3) is 0.500. The van der Waals surface area contributed by atoms with Crippen LogP contribution in [-0.4, -0.2) is 23.9 Å². The number of nitrogen functional groups attached to an aromatic ring is 1. The predicted octanol–water partition coefficient (Wildman–Crippen LogP) is 1.74. The van der Waals surface area contributed by atoms with E-state index in [1.54, 1.807) is 12.1 Å². The normalized spacial score (nSPS) is 17.3. The van der Waals surface area contributed by atoms with Gasteiger partial charge in [0, 0.05) is 17.8 Å². The molecule has 0 aliphatic carbocycles. The molecule has 4 N–H and O–H groups in total. The molecule has 1 aromatic rings. The van der Waals surface area contributed by atoms with Crippen molar-refractivity contribution in [3.8, 4) is 0 Å². The number of nitrogens with two attached hydrogens (primary N) is 2. The molecule has 4 nitrogen and oxygen atoms in total. The number of hydrogen-bond acceptors (Lipinski definition) is 3. The standard InChI is InChI=1S/C14H21N3O/c15-13-6-5-11(14(16)18)9-12(13)10-17-7-3-1-2-4-8-17/h5-6,9H,1-4,7-8,10,15H2,(H2,16,18). The Bertz CT molecular complexity index is 423. The van der Waals surface area contributed by atoms with Crippen LogP contribution in [0.25, 0.3) is 0 Å². The van der Waals surface area contributed by atoms with E-state index in [9.17, 15) is 4.79 Å². The van der Waals surface area contributed by atoms with Crippen molar-refractivity contribution in [3.63, 3.8) is 0 Å². The number of carbonyl (C=O) groups excluding carboxylic acids is 1. The zero-order valence-corrected chi connectivity index (χ0v) is 10.7. The maximum atomic E-state index is 11.2. The van der Waals surface area contributed by atoms with E-state index in [0.29, 0.717) is 5.56 Å². The van der Waals surface area contributed by atoms with Crippen LogP contribution < -0.4 is 11.5 Å². The summed E-state index contributed by atoms with van der Waals surface area (Å²) in [5.41, 5.74) is 13.5. The number of hydrogen-bond donors (Lipinski definition) is 2. The van der Waals surface area contributed by atoms with Gasteiger partial charge in [0.2, 0.25) is 5.91 Å². The minimum atomic E-state index is -0.396. The van der Waals surface area contributed by atoms with Crippen LogP contribution in [0.15, 0.2) is 18.2 Å². The number of primary amides is 1. The number of benzene rings is 1. The smallest absolute Gasteiger partial charge is 0.248 e. The molecular weight excluding hydrogens is 226 g/mol. The molecule has 1 heterocycles. The molecule has 0 spiro atoms. The maximum absolute atomic E-state index is 11.2. The van der Waals surface area contributed by atoms with E-state index in [4.69, 9.17) is 11.5 Å². The quantitative estimate of drug-likeness (QED) is 0.799. The molecule has 2 rings (SSSR count). The van der Waals surface area contributed by atoms with Gasteiger partial charge in [0.05, 0.1) is 0 Å². The molecule has 1 aliphatic rings. The van der Waals surface area contributed by atoms with Crippen LogP contribution in [-0.2, 0) is 6.54 Å². The predicted molar refractivity (Wildman–Crippen MR) is 73.1 cm³/mol. The Morgan fingerprint density at radius 3 is 2.44 bits per heavy atom. The van der Waals surface area contributed by atoms with E-state index in [1.807, 2.05) is 6.07 Å². The van der Waals surface area contributed by atoms with Gasteiger partial charge in [-0.25, -0.2) is 0 Å². The molecule has 1 fully saturated rings. The van der Waals surface area contributed by atoms with Crippen molar-refractivity contribution in [3.05, 3.63) is 29.3 Å². The number of nitrogens with zero attached hydrogens (tertiary/aromatic N) is 1. The molecule has 1 saturated heterocycles. The van der Waals surface area contributed by atoms with Crippen molar-refractivity contribution in [2.24, 2.45) is 5.73 Å². The van der Waals surface area contributed by atoms with Gasteiger partial charge in [0.1, 0.15) is 0 Å². The van der Waals surface area contributed by atoms with Crippen LogP contribution in [0.5, 0.6) is 0 Å². The monoisotopic (exact) mass is 247 g/mol. The molecule has 0 saturated carbocycles. The van der Waals surface area contributed by atoms with Crippen LogP contribution in [0, 0.1) is 0 Å². The number of amides is 1. The summed E-state index contributed by atoms with van der Waals surface area (Å²) in [6, 6.07) is 5.28. The zero-order chi connectivity index (χ0) is 13.0. The molecule has 4 heteroatoms. The number of rotatable bonds is 3. The van der Waals surface area contributed by atoms with Crippen LogP contribution >= 0.6 is 0 Å². The van der Waals surface area contributed by atoms with Gasteiger partial charge >= 0.3 is 0 Å². The SMILES string of the molecule is NC(=O)c1ccc(N)c(CN2CCCCCC2)c1. The summed E-state index contributed by atoms with van der Waals surface area (Å²) >= 11 is 0. The average molecular weight is 247 g/mol. The van der Waals surface area contributed by atoms with Gasteiger partial charge in [-0.3, -0.25) is 9.69 Å². The number of likely N-dealkylation sites (tertiary alicyclic amines) is 1. The lowest BCUT2D eigenvalue weighted by Crippen LogP contribution is -2.24.